The molecule has 6 nitrogen and oxygen atoms in total. The third-order valence-electron chi connectivity index (χ3n) is 4.51. The molecular weight excluding hydrogens is 513 g/mol. The minimum absolute atomic E-state index is 0. The van der Waals surface area contributed by atoms with Gasteiger partial charge in [-0.2, -0.15) is 0 Å². The molecule has 0 radical (unpaired) electrons. The molecule has 2 aromatic rings. The molecule has 0 aliphatic rings. The van der Waals surface area contributed by atoms with E-state index in [0.29, 0.717) is 24.6 Å². The highest BCUT2D eigenvalue weighted by atomic mass is 127. The van der Waals surface area contributed by atoms with Crippen molar-refractivity contribution < 1.29 is 13.2 Å². The lowest BCUT2D eigenvalue weighted by atomic mass is 10.1. The number of guanidine groups is 1. The van der Waals surface area contributed by atoms with Crippen LogP contribution in [0.1, 0.15) is 16.7 Å². The summed E-state index contributed by atoms with van der Waals surface area (Å²) in [4.78, 5) is 6.68. The molecule has 0 atom stereocenters. The van der Waals surface area contributed by atoms with E-state index in [1.165, 1.54) is 17.4 Å². The number of sulfone groups is 1. The first-order valence-corrected chi connectivity index (χ1v) is 11.5. The molecule has 0 saturated carbocycles. The maximum absolute atomic E-state index is 11.5. The Morgan fingerprint density at radius 2 is 1.70 bits per heavy atom. The number of hydrogen-bond donors (Lipinski definition) is 1. The number of aryl methyl sites for hydroxylation is 2. The number of benzene rings is 2. The number of likely N-dealkylation sites (N-methyl/N-ethyl adjacent to an activating group) is 1. The van der Waals surface area contributed by atoms with Gasteiger partial charge >= 0.3 is 0 Å². The van der Waals surface area contributed by atoms with Gasteiger partial charge in [-0.05, 0) is 61.2 Å². The summed E-state index contributed by atoms with van der Waals surface area (Å²) in [7, 11) is 0.572. The third-order valence-corrected chi connectivity index (χ3v) is 5.64. The van der Waals surface area contributed by atoms with Crippen molar-refractivity contribution in [3.05, 3.63) is 59.2 Å². The number of aliphatic imine (C=N–C) groups is 1. The molecule has 166 valence electrons. The zero-order valence-electron chi connectivity index (χ0n) is 18.3. The van der Waals surface area contributed by atoms with E-state index in [2.05, 4.69) is 30.2 Å². The normalized spacial score (nSPS) is 11.6. The molecule has 1 N–H and O–H groups in total. The Morgan fingerprint density at radius 3 is 2.23 bits per heavy atom. The maximum atomic E-state index is 11.5. The Kier molecular flexibility index (Phi) is 10.6. The van der Waals surface area contributed by atoms with Crippen molar-refractivity contribution >= 4 is 39.8 Å². The van der Waals surface area contributed by atoms with Crippen molar-refractivity contribution in [2.45, 2.75) is 25.2 Å². The molecule has 30 heavy (non-hydrogen) atoms. The molecular formula is C22H32IN3O3S. The lowest BCUT2D eigenvalue weighted by Gasteiger charge is -2.22. The van der Waals surface area contributed by atoms with E-state index in [1.54, 1.807) is 19.2 Å². The number of rotatable bonds is 8. The molecule has 0 bridgehead atoms. The number of halogens is 1. The van der Waals surface area contributed by atoms with Crippen LogP contribution in [0.3, 0.4) is 0 Å². The predicted octanol–water partition coefficient (Wildman–Crippen LogP) is 3.45. The van der Waals surface area contributed by atoms with Crippen molar-refractivity contribution in [3.8, 4) is 5.75 Å². The maximum Gasteiger partial charge on any atom is 0.193 e. The third kappa shape index (κ3) is 8.51. The fraction of sp³-hybridized carbons (Fsp3) is 0.409. The topological polar surface area (TPSA) is 71.0 Å². The molecule has 8 heteroatoms. The van der Waals surface area contributed by atoms with Gasteiger partial charge in [0.15, 0.2) is 15.8 Å². The van der Waals surface area contributed by atoms with Crippen LogP contribution in [-0.2, 0) is 16.3 Å². The van der Waals surface area contributed by atoms with E-state index in [1.807, 2.05) is 36.2 Å². The summed E-state index contributed by atoms with van der Waals surface area (Å²) < 4.78 is 28.9. The van der Waals surface area contributed by atoms with E-state index in [9.17, 15) is 8.42 Å². The van der Waals surface area contributed by atoms with Gasteiger partial charge in [0.1, 0.15) is 12.4 Å². The molecule has 0 aliphatic carbocycles. The highest BCUT2D eigenvalue weighted by Gasteiger charge is 2.08. The summed E-state index contributed by atoms with van der Waals surface area (Å²) in [6.45, 7) is 6.09. The summed E-state index contributed by atoms with van der Waals surface area (Å²) >= 11 is 0. The SMILES string of the molecule is CN=C(NCCc1ccc(S(C)(=O)=O)cc1)N(C)CCOc1cc(C)cc(C)c1.I. The molecule has 2 aromatic carbocycles. The van der Waals surface area contributed by atoms with Crippen LogP contribution in [0.25, 0.3) is 0 Å². The minimum atomic E-state index is -3.16. The van der Waals surface area contributed by atoms with E-state index >= 15 is 0 Å². The summed E-state index contributed by atoms with van der Waals surface area (Å²) in [6, 6.07) is 13.2. The van der Waals surface area contributed by atoms with E-state index in [4.69, 9.17) is 4.74 Å². The fourth-order valence-corrected chi connectivity index (χ4v) is 3.66. The smallest absolute Gasteiger partial charge is 0.193 e. The second-order valence-electron chi connectivity index (χ2n) is 7.23. The van der Waals surface area contributed by atoms with Crippen LogP contribution in [0.15, 0.2) is 52.4 Å². The first kappa shape index (κ1) is 26.2. The zero-order valence-corrected chi connectivity index (χ0v) is 21.5. The second kappa shape index (κ2) is 12.1. The van der Waals surface area contributed by atoms with Crippen molar-refractivity contribution in [2.75, 3.05) is 40.0 Å². The average Bonchev–Trinajstić information content (AvgIpc) is 2.64. The summed E-state index contributed by atoms with van der Waals surface area (Å²) in [5, 5.41) is 3.33. The largest absolute Gasteiger partial charge is 0.492 e. The van der Waals surface area contributed by atoms with Crippen molar-refractivity contribution in [3.63, 3.8) is 0 Å². The first-order valence-electron chi connectivity index (χ1n) is 9.61. The molecule has 0 heterocycles. The Balaban J connectivity index is 0.00000450. The van der Waals surface area contributed by atoms with Gasteiger partial charge in [-0.3, -0.25) is 4.99 Å². The van der Waals surface area contributed by atoms with Crippen LogP contribution in [0.2, 0.25) is 0 Å². The predicted molar refractivity (Wildman–Crippen MR) is 134 cm³/mol. The lowest BCUT2D eigenvalue weighted by Crippen LogP contribution is -2.41. The average molecular weight is 545 g/mol. The molecule has 0 amide bonds. The molecule has 0 aliphatic heterocycles. The number of nitrogens with zero attached hydrogens (tertiary/aromatic N) is 2. The summed E-state index contributed by atoms with van der Waals surface area (Å²) in [6.07, 6.45) is 1.99. The Hall–Kier alpha value is -1.81. The quantitative estimate of drug-likeness (QED) is 0.313. The van der Waals surface area contributed by atoms with Crippen LogP contribution >= 0.6 is 24.0 Å². The van der Waals surface area contributed by atoms with Crippen LogP contribution < -0.4 is 10.1 Å². The van der Waals surface area contributed by atoms with Crippen LogP contribution in [0.5, 0.6) is 5.75 Å². The number of nitrogens with one attached hydrogen (secondary N) is 1. The van der Waals surface area contributed by atoms with Gasteiger partial charge in [0, 0.05) is 26.9 Å². The first-order chi connectivity index (χ1) is 13.7. The van der Waals surface area contributed by atoms with E-state index < -0.39 is 9.84 Å². The minimum Gasteiger partial charge on any atom is -0.492 e. The van der Waals surface area contributed by atoms with Crippen molar-refractivity contribution in [2.24, 2.45) is 4.99 Å². The Morgan fingerprint density at radius 1 is 1.10 bits per heavy atom. The molecule has 0 saturated heterocycles. The molecule has 0 aromatic heterocycles. The van der Waals surface area contributed by atoms with Crippen LogP contribution in [-0.4, -0.2) is 59.3 Å². The fourth-order valence-electron chi connectivity index (χ4n) is 3.03. The van der Waals surface area contributed by atoms with Gasteiger partial charge in [0.05, 0.1) is 11.4 Å². The highest BCUT2D eigenvalue weighted by molar-refractivity contribution is 14.0. The monoisotopic (exact) mass is 545 g/mol. The van der Waals surface area contributed by atoms with Gasteiger partial charge < -0.3 is 15.0 Å². The molecule has 2 rings (SSSR count). The standard InChI is InChI=1S/C22H31N3O3S.HI/c1-17-14-18(2)16-20(15-17)28-13-12-25(4)22(23-3)24-11-10-19-6-8-21(9-7-19)29(5,26)27;/h6-9,14-16H,10-13H2,1-5H3,(H,23,24);1H. The van der Waals surface area contributed by atoms with Gasteiger partial charge in [-0.1, -0.05) is 18.2 Å². The number of ether oxygens (including phenoxy) is 1. The summed E-state index contributed by atoms with van der Waals surface area (Å²) in [5.74, 6) is 1.68. The van der Waals surface area contributed by atoms with E-state index in [0.717, 1.165) is 23.7 Å². The summed E-state index contributed by atoms with van der Waals surface area (Å²) in [5.41, 5.74) is 3.45. The zero-order chi connectivity index (χ0) is 21.4. The number of hydrogen-bond acceptors (Lipinski definition) is 4. The Bertz CT molecular complexity index is 924. The van der Waals surface area contributed by atoms with Crippen molar-refractivity contribution in [1.82, 2.24) is 10.2 Å². The lowest BCUT2D eigenvalue weighted by molar-refractivity contribution is 0.281. The molecule has 0 unspecified atom stereocenters. The van der Waals surface area contributed by atoms with Crippen LogP contribution in [0.4, 0.5) is 0 Å². The molecule has 0 spiro atoms. The van der Waals surface area contributed by atoms with E-state index in [-0.39, 0.29) is 24.0 Å². The Labute approximate surface area is 197 Å². The van der Waals surface area contributed by atoms with Gasteiger partial charge in [-0.15, -0.1) is 24.0 Å². The van der Waals surface area contributed by atoms with Crippen LogP contribution in [0, 0.1) is 13.8 Å². The highest BCUT2D eigenvalue weighted by Crippen LogP contribution is 2.16. The van der Waals surface area contributed by atoms with Gasteiger partial charge in [-0.25, -0.2) is 8.42 Å². The van der Waals surface area contributed by atoms with Gasteiger partial charge in [0.2, 0.25) is 0 Å². The van der Waals surface area contributed by atoms with Crippen molar-refractivity contribution in [1.29, 1.82) is 0 Å². The van der Waals surface area contributed by atoms with Gasteiger partial charge in [0.25, 0.3) is 0 Å². The molecule has 0 fully saturated rings. The second-order valence-corrected chi connectivity index (χ2v) is 9.25.